The molecule has 1 heterocycles. The molecule has 0 saturated heterocycles. The maximum atomic E-state index is 5.43. The Bertz CT molecular complexity index is 579. The fourth-order valence-corrected chi connectivity index (χ4v) is 3.00. The van der Waals surface area contributed by atoms with E-state index in [2.05, 4.69) is 43.2 Å². The molecule has 1 aromatic rings. The lowest BCUT2D eigenvalue weighted by atomic mass is 10.2. The minimum Gasteiger partial charge on any atom is -0.454 e. The number of nitrogens with one attached hydrogen (secondary N) is 2. The molecule has 1 unspecified atom stereocenters. The third kappa shape index (κ3) is 8.13. The summed E-state index contributed by atoms with van der Waals surface area (Å²) in [6.45, 7) is 13.9. The van der Waals surface area contributed by atoms with Crippen LogP contribution in [-0.2, 0) is 6.54 Å². The monoisotopic (exact) mass is 490 g/mol. The van der Waals surface area contributed by atoms with Gasteiger partial charge >= 0.3 is 0 Å². The molecule has 0 radical (unpaired) electrons. The molecule has 0 bridgehead atoms. The normalized spacial score (nSPS) is 14.0. The summed E-state index contributed by atoms with van der Waals surface area (Å²) in [5.41, 5.74) is 1.11. The van der Waals surface area contributed by atoms with Crippen molar-refractivity contribution in [3.8, 4) is 11.5 Å². The van der Waals surface area contributed by atoms with Crippen LogP contribution >= 0.6 is 24.0 Å². The zero-order valence-corrected chi connectivity index (χ0v) is 19.4. The maximum Gasteiger partial charge on any atom is 0.231 e. The predicted octanol–water partition coefficient (Wildman–Crippen LogP) is 3.60. The van der Waals surface area contributed by atoms with E-state index in [4.69, 9.17) is 14.5 Å². The first kappa shape index (κ1) is 23.8. The highest BCUT2D eigenvalue weighted by Crippen LogP contribution is 2.32. The first-order valence-electron chi connectivity index (χ1n) is 9.81. The Morgan fingerprint density at radius 2 is 1.93 bits per heavy atom. The van der Waals surface area contributed by atoms with Crippen LogP contribution in [-0.4, -0.2) is 49.9 Å². The fourth-order valence-electron chi connectivity index (χ4n) is 3.00. The van der Waals surface area contributed by atoms with Crippen LogP contribution in [0.5, 0.6) is 11.5 Å². The van der Waals surface area contributed by atoms with Crippen molar-refractivity contribution >= 4 is 29.9 Å². The first-order valence-corrected chi connectivity index (χ1v) is 9.81. The van der Waals surface area contributed by atoms with Gasteiger partial charge in [-0.2, -0.15) is 0 Å². The van der Waals surface area contributed by atoms with E-state index >= 15 is 0 Å². The average Bonchev–Trinajstić information content (AvgIpc) is 3.11. The van der Waals surface area contributed by atoms with Crippen LogP contribution in [0, 0.1) is 0 Å². The average molecular weight is 490 g/mol. The highest BCUT2D eigenvalue weighted by Gasteiger charge is 2.13. The van der Waals surface area contributed by atoms with E-state index in [0.29, 0.717) is 19.4 Å². The van der Waals surface area contributed by atoms with Crippen molar-refractivity contribution in [1.82, 2.24) is 15.5 Å². The van der Waals surface area contributed by atoms with E-state index in [0.717, 1.165) is 55.6 Å². The van der Waals surface area contributed by atoms with Crippen LogP contribution < -0.4 is 20.1 Å². The number of halogens is 1. The van der Waals surface area contributed by atoms with Crippen molar-refractivity contribution < 1.29 is 9.47 Å². The standard InChI is InChI=1S/C20H34N4O2.HI/c1-5-21-20(23-16(4)9-8-12-24(6-2)7-3)22-14-17-10-11-18-19(13-17)26-15-25-18;/h10-11,13,16H,5-9,12,14-15H2,1-4H3,(H2,21,22,23);1H. The Balaban J connectivity index is 0.00000364. The number of hydrogen-bond donors (Lipinski definition) is 2. The smallest absolute Gasteiger partial charge is 0.231 e. The van der Waals surface area contributed by atoms with Gasteiger partial charge in [0, 0.05) is 12.6 Å². The second-order valence-electron chi connectivity index (χ2n) is 6.60. The summed E-state index contributed by atoms with van der Waals surface area (Å²) in [6, 6.07) is 6.38. The highest BCUT2D eigenvalue weighted by atomic mass is 127. The molecule has 0 spiro atoms. The van der Waals surface area contributed by atoms with E-state index in [1.165, 1.54) is 6.42 Å². The van der Waals surface area contributed by atoms with Gasteiger partial charge in [-0.1, -0.05) is 19.9 Å². The third-order valence-electron chi connectivity index (χ3n) is 4.59. The van der Waals surface area contributed by atoms with Gasteiger partial charge < -0.3 is 25.0 Å². The lowest BCUT2D eigenvalue weighted by Gasteiger charge is -2.21. The summed E-state index contributed by atoms with van der Waals surface area (Å²) in [4.78, 5) is 7.18. The van der Waals surface area contributed by atoms with Crippen molar-refractivity contribution in [2.24, 2.45) is 4.99 Å². The van der Waals surface area contributed by atoms with Gasteiger partial charge in [0.05, 0.1) is 6.54 Å². The molecular weight excluding hydrogens is 455 g/mol. The lowest BCUT2D eigenvalue weighted by Crippen LogP contribution is -2.42. The van der Waals surface area contributed by atoms with Crippen LogP contribution in [0.2, 0.25) is 0 Å². The Morgan fingerprint density at radius 1 is 1.19 bits per heavy atom. The topological polar surface area (TPSA) is 58.1 Å². The molecule has 0 amide bonds. The molecule has 1 atom stereocenters. The second-order valence-corrected chi connectivity index (χ2v) is 6.60. The summed E-state index contributed by atoms with van der Waals surface area (Å²) in [5.74, 6) is 2.48. The SMILES string of the molecule is CCNC(=NCc1ccc2c(c1)OCO2)NC(C)CCCN(CC)CC.I. The van der Waals surface area contributed by atoms with Crippen molar-refractivity contribution in [2.75, 3.05) is 33.0 Å². The van der Waals surface area contributed by atoms with Crippen molar-refractivity contribution in [3.63, 3.8) is 0 Å². The molecule has 6 nitrogen and oxygen atoms in total. The minimum absolute atomic E-state index is 0. The van der Waals surface area contributed by atoms with E-state index < -0.39 is 0 Å². The number of fused-ring (bicyclic) bond motifs is 1. The number of aliphatic imine (C=N–C) groups is 1. The van der Waals surface area contributed by atoms with Gasteiger partial charge in [0.25, 0.3) is 0 Å². The van der Waals surface area contributed by atoms with E-state index in [1.807, 2.05) is 18.2 Å². The quantitative estimate of drug-likeness (QED) is 0.298. The van der Waals surface area contributed by atoms with Crippen LogP contribution in [0.15, 0.2) is 23.2 Å². The third-order valence-corrected chi connectivity index (χ3v) is 4.59. The molecule has 154 valence electrons. The molecule has 7 heteroatoms. The molecule has 2 rings (SSSR count). The lowest BCUT2D eigenvalue weighted by molar-refractivity contribution is 0.174. The predicted molar refractivity (Wildman–Crippen MR) is 122 cm³/mol. The number of nitrogens with zero attached hydrogens (tertiary/aromatic N) is 2. The highest BCUT2D eigenvalue weighted by molar-refractivity contribution is 14.0. The van der Waals surface area contributed by atoms with Gasteiger partial charge in [-0.15, -0.1) is 24.0 Å². The van der Waals surface area contributed by atoms with E-state index in [9.17, 15) is 0 Å². The van der Waals surface area contributed by atoms with Crippen LogP contribution in [0.3, 0.4) is 0 Å². The minimum atomic E-state index is 0. The van der Waals surface area contributed by atoms with Gasteiger partial charge in [-0.3, -0.25) is 0 Å². The molecule has 27 heavy (non-hydrogen) atoms. The molecular formula is C20H35IN4O2. The molecule has 1 aliphatic rings. The van der Waals surface area contributed by atoms with Gasteiger partial charge in [-0.25, -0.2) is 4.99 Å². The zero-order valence-electron chi connectivity index (χ0n) is 17.1. The largest absolute Gasteiger partial charge is 0.454 e. The second kappa shape index (κ2) is 13.0. The molecule has 0 aromatic heterocycles. The Kier molecular flexibility index (Phi) is 11.5. The summed E-state index contributed by atoms with van der Waals surface area (Å²) in [7, 11) is 0. The van der Waals surface area contributed by atoms with Crippen molar-refractivity contribution in [3.05, 3.63) is 23.8 Å². The van der Waals surface area contributed by atoms with Crippen molar-refractivity contribution in [2.45, 2.75) is 53.1 Å². The van der Waals surface area contributed by atoms with Gasteiger partial charge in [0.15, 0.2) is 17.5 Å². The van der Waals surface area contributed by atoms with Gasteiger partial charge in [0.1, 0.15) is 0 Å². The fraction of sp³-hybridized carbons (Fsp3) is 0.650. The summed E-state index contributed by atoms with van der Waals surface area (Å²) in [6.07, 6.45) is 2.32. The first-order chi connectivity index (χ1) is 12.7. The Hall–Kier alpha value is -1.22. The summed E-state index contributed by atoms with van der Waals surface area (Å²) < 4.78 is 10.8. The molecule has 1 aliphatic heterocycles. The van der Waals surface area contributed by atoms with Crippen molar-refractivity contribution in [1.29, 1.82) is 0 Å². The summed E-state index contributed by atoms with van der Waals surface area (Å²) in [5, 5.41) is 6.84. The van der Waals surface area contributed by atoms with E-state index in [-0.39, 0.29) is 24.0 Å². The molecule has 0 fully saturated rings. The van der Waals surface area contributed by atoms with Crippen LogP contribution in [0.25, 0.3) is 0 Å². The number of rotatable bonds is 10. The van der Waals surface area contributed by atoms with E-state index in [1.54, 1.807) is 0 Å². The number of guanidine groups is 1. The maximum absolute atomic E-state index is 5.43. The molecule has 2 N–H and O–H groups in total. The van der Waals surface area contributed by atoms with Gasteiger partial charge in [-0.05, 0) is 64.0 Å². The molecule has 0 aliphatic carbocycles. The summed E-state index contributed by atoms with van der Waals surface area (Å²) >= 11 is 0. The van der Waals surface area contributed by atoms with Crippen LogP contribution in [0.1, 0.15) is 46.1 Å². The number of ether oxygens (including phenoxy) is 2. The van der Waals surface area contributed by atoms with Crippen LogP contribution in [0.4, 0.5) is 0 Å². The van der Waals surface area contributed by atoms with Gasteiger partial charge in [0.2, 0.25) is 6.79 Å². The number of benzene rings is 1. The Labute approximate surface area is 181 Å². The number of hydrogen-bond acceptors (Lipinski definition) is 4. The molecule has 1 aromatic carbocycles. The Morgan fingerprint density at radius 3 is 2.63 bits per heavy atom. The molecule has 0 saturated carbocycles. The zero-order chi connectivity index (χ0) is 18.8.